The molecule has 0 aromatic heterocycles. The van der Waals surface area contributed by atoms with Crippen LogP contribution in [0.15, 0.2) is 11.5 Å². The average Bonchev–Trinajstić information content (AvgIpc) is 2.60. The molecule has 2 heterocycles. The number of carbonyl (C=O) groups excluding carboxylic acids is 2. The molecular weight excluding hydrogens is 228 g/mol. The molecule has 9 heteroatoms. The Hall–Kier alpha value is -2.00. The maximum Gasteiger partial charge on any atom is 0.513 e. The first-order valence-corrected chi connectivity index (χ1v) is 3.99. The lowest BCUT2D eigenvalue weighted by molar-refractivity contribution is -0.267. The van der Waals surface area contributed by atoms with Crippen molar-refractivity contribution in [2.24, 2.45) is 0 Å². The molecule has 0 radical (unpaired) electrons. The van der Waals surface area contributed by atoms with Gasteiger partial charge in [0, 0.05) is 0 Å². The minimum Gasteiger partial charge on any atom is -0.505 e. The largest absolute Gasteiger partial charge is 0.513 e. The third-order valence-electron chi connectivity index (χ3n) is 2.09. The number of rotatable bonds is 1. The third-order valence-corrected chi connectivity index (χ3v) is 2.09. The standard InChI is InChI=1S/C7H6O9/c8-1-2(9)4(10)14-3(1)7(13)5(11)15-6(12)16-7/h3,5,8-9,11,13H/t3-,5?,7-/m0/s1. The second kappa shape index (κ2) is 3.00. The summed E-state index contributed by atoms with van der Waals surface area (Å²) in [5.74, 6) is -6.33. The third kappa shape index (κ3) is 1.19. The highest BCUT2D eigenvalue weighted by Crippen LogP contribution is 2.35. The Labute approximate surface area is 87.1 Å². The van der Waals surface area contributed by atoms with Crippen LogP contribution in [0.1, 0.15) is 0 Å². The molecule has 9 nitrogen and oxygen atoms in total. The van der Waals surface area contributed by atoms with E-state index in [0.29, 0.717) is 0 Å². The van der Waals surface area contributed by atoms with Gasteiger partial charge in [-0.25, -0.2) is 9.59 Å². The van der Waals surface area contributed by atoms with E-state index < -0.39 is 41.8 Å². The van der Waals surface area contributed by atoms with Gasteiger partial charge in [0.05, 0.1) is 0 Å². The monoisotopic (exact) mass is 234 g/mol. The lowest BCUT2D eigenvalue weighted by Crippen LogP contribution is -2.51. The van der Waals surface area contributed by atoms with Crippen molar-refractivity contribution in [2.75, 3.05) is 0 Å². The van der Waals surface area contributed by atoms with E-state index >= 15 is 0 Å². The summed E-state index contributed by atoms with van der Waals surface area (Å²) in [6.45, 7) is 0. The Balaban J connectivity index is 2.33. The van der Waals surface area contributed by atoms with Gasteiger partial charge in [0.25, 0.3) is 6.29 Å². The molecule has 1 saturated heterocycles. The van der Waals surface area contributed by atoms with Crippen LogP contribution in [-0.4, -0.2) is 50.7 Å². The van der Waals surface area contributed by atoms with Crippen molar-refractivity contribution in [1.82, 2.24) is 0 Å². The zero-order valence-corrected chi connectivity index (χ0v) is 7.48. The van der Waals surface area contributed by atoms with Crippen LogP contribution >= 0.6 is 0 Å². The molecular formula is C7H6O9. The molecule has 88 valence electrons. The molecule has 0 aromatic rings. The van der Waals surface area contributed by atoms with Crippen LogP contribution in [0.3, 0.4) is 0 Å². The second-order valence-corrected chi connectivity index (χ2v) is 3.09. The van der Waals surface area contributed by atoms with Gasteiger partial charge in [0.15, 0.2) is 5.76 Å². The minimum absolute atomic E-state index is 1.06. The van der Waals surface area contributed by atoms with Crippen molar-refractivity contribution in [3.63, 3.8) is 0 Å². The quantitative estimate of drug-likeness (QED) is 0.395. The van der Waals surface area contributed by atoms with Gasteiger partial charge in [0.2, 0.25) is 11.9 Å². The number of aliphatic hydroxyl groups is 4. The van der Waals surface area contributed by atoms with Crippen molar-refractivity contribution in [3.05, 3.63) is 11.5 Å². The molecule has 0 bridgehead atoms. The normalized spacial score (nSPS) is 38.4. The Morgan fingerprint density at radius 3 is 2.19 bits per heavy atom. The Bertz CT molecular complexity index is 399. The first kappa shape index (κ1) is 10.5. The summed E-state index contributed by atoms with van der Waals surface area (Å²) in [6.07, 6.45) is -5.52. The number of ether oxygens (including phenoxy) is 3. The number of carbonyl (C=O) groups is 2. The maximum absolute atomic E-state index is 10.8. The molecule has 0 saturated carbocycles. The molecule has 3 atom stereocenters. The SMILES string of the molecule is O=C1OC(O)[C@](O)([C@H]2OC(=O)C(O)=C2O)O1. The van der Waals surface area contributed by atoms with E-state index in [1.54, 1.807) is 0 Å². The molecule has 0 aromatic carbocycles. The lowest BCUT2D eigenvalue weighted by Gasteiger charge is -2.25. The first-order chi connectivity index (χ1) is 7.36. The molecule has 2 aliphatic rings. The van der Waals surface area contributed by atoms with E-state index in [1.807, 2.05) is 0 Å². The lowest BCUT2D eigenvalue weighted by atomic mass is 10.1. The zero-order chi connectivity index (χ0) is 12.1. The first-order valence-electron chi connectivity index (χ1n) is 3.99. The van der Waals surface area contributed by atoms with Gasteiger partial charge in [-0.2, -0.15) is 0 Å². The number of esters is 1. The zero-order valence-electron chi connectivity index (χ0n) is 7.48. The van der Waals surface area contributed by atoms with Crippen LogP contribution in [0.4, 0.5) is 4.79 Å². The Morgan fingerprint density at radius 2 is 1.81 bits per heavy atom. The number of hydrogen-bond donors (Lipinski definition) is 4. The van der Waals surface area contributed by atoms with Crippen molar-refractivity contribution in [3.8, 4) is 0 Å². The van der Waals surface area contributed by atoms with Gasteiger partial charge in [-0.3, -0.25) is 0 Å². The summed E-state index contributed by atoms with van der Waals surface area (Å²) >= 11 is 0. The predicted octanol–water partition coefficient (Wildman–Crippen LogP) is -1.59. The van der Waals surface area contributed by atoms with Crippen molar-refractivity contribution < 1.29 is 44.2 Å². The predicted molar refractivity (Wildman–Crippen MR) is 40.7 cm³/mol. The smallest absolute Gasteiger partial charge is 0.505 e. The summed E-state index contributed by atoms with van der Waals surface area (Å²) in [7, 11) is 0. The fourth-order valence-electron chi connectivity index (χ4n) is 1.29. The van der Waals surface area contributed by atoms with Crippen LogP contribution in [0, 0.1) is 0 Å². The van der Waals surface area contributed by atoms with Crippen LogP contribution < -0.4 is 0 Å². The van der Waals surface area contributed by atoms with Gasteiger partial charge in [-0.1, -0.05) is 0 Å². The van der Waals surface area contributed by atoms with E-state index in [9.17, 15) is 19.8 Å². The molecule has 0 amide bonds. The van der Waals surface area contributed by atoms with E-state index in [1.165, 1.54) is 0 Å². The Kier molecular flexibility index (Phi) is 1.97. The topological polar surface area (TPSA) is 143 Å². The van der Waals surface area contributed by atoms with Gasteiger partial charge < -0.3 is 34.6 Å². The van der Waals surface area contributed by atoms with Crippen LogP contribution in [0.2, 0.25) is 0 Å². The summed E-state index contributed by atoms with van der Waals surface area (Å²) in [5.41, 5.74) is 0. The second-order valence-electron chi connectivity index (χ2n) is 3.09. The number of hydrogen-bond acceptors (Lipinski definition) is 9. The van der Waals surface area contributed by atoms with Crippen LogP contribution in [0.25, 0.3) is 0 Å². The van der Waals surface area contributed by atoms with Gasteiger partial charge >= 0.3 is 17.9 Å². The molecule has 1 unspecified atom stereocenters. The highest BCUT2D eigenvalue weighted by Gasteiger charge is 2.62. The van der Waals surface area contributed by atoms with Crippen LogP contribution in [0.5, 0.6) is 0 Å². The number of aliphatic hydroxyl groups excluding tert-OH is 3. The Morgan fingerprint density at radius 1 is 1.19 bits per heavy atom. The summed E-state index contributed by atoms with van der Waals surface area (Å²) in [5, 5.41) is 36.9. The molecule has 1 fully saturated rings. The molecule has 2 rings (SSSR count). The van der Waals surface area contributed by atoms with E-state index in [-0.39, 0.29) is 0 Å². The van der Waals surface area contributed by atoms with Crippen molar-refractivity contribution >= 4 is 12.1 Å². The molecule has 0 aliphatic carbocycles. The fraction of sp³-hybridized carbons (Fsp3) is 0.429. The van der Waals surface area contributed by atoms with Gasteiger partial charge in [-0.15, -0.1) is 0 Å². The van der Waals surface area contributed by atoms with E-state index in [2.05, 4.69) is 14.2 Å². The van der Waals surface area contributed by atoms with Crippen LogP contribution in [-0.2, 0) is 19.0 Å². The van der Waals surface area contributed by atoms with E-state index in [4.69, 9.17) is 10.2 Å². The highest BCUT2D eigenvalue weighted by atomic mass is 16.9. The van der Waals surface area contributed by atoms with Gasteiger partial charge in [0.1, 0.15) is 0 Å². The van der Waals surface area contributed by atoms with E-state index in [0.717, 1.165) is 0 Å². The molecule has 4 N–H and O–H groups in total. The molecule has 0 spiro atoms. The number of cyclic esters (lactones) is 3. The van der Waals surface area contributed by atoms with Gasteiger partial charge in [-0.05, 0) is 0 Å². The average molecular weight is 234 g/mol. The minimum atomic E-state index is -2.79. The summed E-state index contributed by atoms with van der Waals surface area (Å²) in [4.78, 5) is 21.4. The summed E-state index contributed by atoms with van der Waals surface area (Å²) in [6, 6.07) is 0. The van der Waals surface area contributed by atoms with Crippen molar-refractivity contribution in [1.29, 1.82) is 0 Å². The summed E-state index contributed by atoms with van der Waals surface area (Å²) < 4.78 is 12.5. The highest BCUT2D eigenvalue weighted by molar-refractivity contribution is 5.89. The van der Waals surface area contributed by atoms with Crippen molar-refractivity contribution in [2.45, 2.75) is 18.2 Å². The molecule has 16 heavy (non-hydrogen) atoms. The fourth-order valence-corrected chi connectivity index (χ4v) is 1.29. The maximum atomic E-state index is 10.8. The molecule has 2 aliphatic heterocycles.